The molecule has 1 atom stereocenters. The normalized spacial score (nSPS) is 19.3. The zero-order valence-electron chi connectivity index (χ0n) is 23.4. The van der Waals surface area contributed by atoms with Gasteiger partial charge in [-0.3, -0.25) is 0 Å². The molecule has 1 fully saturated rings. The third kappa shape index (κ3) is 15.5. The highest BCUT2D eigenvalue weighted by atomic mass is 16.6. The lowest BCUT2D eigenvalue weighted by Crippen LogP contribution is -2.31. The van der Waals surface area contributed by atoms with Crippen LogP contribution in [0.15, 0.2) is 0 Å². The minimum absolute atomic E-state index is 0.00395. The van der Waals surface area contributed by atoms with E-state index in [1.807, 2.05) is 0 Å². The fourth-order valence-corrected chi connectivity index (χ4v) is 5.61. The molecule has 2 nitrogen and oxygen atoms in total. The number of epoxide rings is 1. The van der Waals surface area contributed by atoms with E-state index in [9.17, 15) is 0 Å². The molecule has 1 aliphatic heterocycles. The zero-order chi connectivity index (χ0) is 24.1. The predicted octanol–water partition coefficient (Wildman–Crippen LogP) is 10.6. The molecule has 2 N–H and O–H groups in total. The Morgan fingerprint density at radius 3 is 0.848 bits per heavy atom. The summed E-state index contributed by atoms with van der Waals surface area (Å²) in [6, 6.07) is 0. The van der Waals surface area contributed by atoms with E-state index in [0.29, 0.717) is 0 Å². The lowest BCUT2D eigenvalue weighted by molar-refractivity contribution is 0.243. The molecule has 1 rings (SSSR count). The van der Waals surface area contributed by atoms with Gasteiger partial charge in [-0.25, -0.2) is 0 Å². The summed E-state index contributed by atoms with van der Waals surface area (Å²) in [6.07, 6.45) is 36.2. The molecule has 2 heteroatoms. The lowest BCUT2D eigenvalue weighted by Gasteiger charge is -2.15. The monoisotopic (exact) mass is 465 g/mol. The summed E-state index contributed by atoms with van der Waals surface area (Å²) < 4.78 is 6.07. The van der Waals surface area contributed by atoms with Crippen LogP contribution in [0.5, 0.6) is 0 Å². The van der Waals surface area contributed by atoms with Crippen molar-refractivity contribution >= 4 is 0 Å². The van der Waals surface area contributed by atoms with Crippen LogP contribution in [0.1, 0.15) is 188 Å². The third-order valence-electron chi connectivity index (χ3n) is 8.14. The number of hydrogen-bond acceptors (Lipinski definition) is 2. The maximum atomic E-state index is 6.40. The molecule has 1 saturated heterocycles. The summed E-state index contributed by atoms with van der Waals surface area (Å²) in [5.74, 6) is 0. The van der Waals surface area contributed by atoms with Crippen molar-refractivity contribution in [1.82, 2.24) is 0 Å². The van der Waals surface area contributed by atoms with Crippen LogP contribution in [0.25, 0.3) is 0 Å². The Balaban J connectivity index is 1.92. The van der Waals surface area contributed by atoms with Gasteiger partial charge in [-0.05, 0) is 19.8 Å². The van der Waals surface area contributed by atoms with Crippen molar-refractivity contribution in [2.45, 2.75) is 199 Å². The van der Waals surface area contributed by atoms with E-state index >= 15 is 0 Å². The Morgan fingerprint density at radius 2 is 0.636 bits per heavy atom. The van der Waals surface area contributed by atoms with E-state index in [1.165, 1.54) is 167 Å². The summed E-state index contributed by atoms with van der Waals surface area (Å²) in [7, 11) is 0. The molecule has 0 aromatic carbocycles. The largest absolute Gasteiger partial charge is 0.347 e. The van der Waals surface area contributed by atoms with Crippen molar-refractivity contribution < 1.29 is 4.74 Å². The molecule has 0 radical (unpaired) electrons. The van der Waals surface area contributed by atoms with E-state index in [0.717, 1.165) is 0 Å². The van der Waals surface area contributed by atoms with Gasteiger partial charge in [0, 0.05) is 0 Å². The Morgan fingerprint density at radius 1 is 0.424 bits per heavy atom. The minimum Gasteiger partial charge on any atom is -0.347 e. The summed E-state index contributed by atoms with van der Waals surface area (Å²) >= 11 is 0. The maximum absolute atomic E-state index is 6.40. The molecule has 33 heavy (non-hydrogen) atoms. The van der Waals surface area contributed by atoms with Crippen molar-refractivity contribution in [1.29, 1.82) is 0 Å². The molecule has 1 heterocycles. The van der Waals surface area contributed by atoms with Crippen LogP contribution in [0.3, 0.4) is 0 Å². The topological polar surface area (TPSA) is 38.5 Å². The van der Waals surface area contributed by atoms with Crippen LogP contribution < -0.4 is 5.73 Å². The van der Waals surface area contributed by atoms with Gasteiger partial charge in [-0.15, -0.1) is 0 Å². The highest BCUT2D eigenvalue weighted by Gasteiger charge is 2.63. The molecule has 0 amide bonds. The van der Waals surface area contributed by atoms with E-state index in [1.54, 1.807) is 0 Å². The van der Waals surface area contributed by atoms with Crippen LogP contribution in [-0.2, 0) is 4.74 Å². The molecule has 1 aliphatic rings. The molecule has 0 saturated carbocycles. The smallest absolute Gasteiger partial charge is 0.144 e. The Hall–Kier alpha value is -0.0800. The summed E-state index contributed by atoms with van der Waals surface area (Å²) in [6.45, 7) is 6.70. The Labute approximate surface area is 209 Å². The first-order valence-electron chi connectivity index (χ1n) is 15.6. The number of unbranched alkanes of at least 4 members (excludes halogenated alkanes) is 22. The second-order valence-electron chi connectivity index (χ2n) is 11.5. The number of ether oxygens (including phenoxy) is 1. The van der Waals surface area contributed by atoms with Gasteiger partial charge in [-0.1, -0.05) is 168 Å². The van der Waals surface area contributed by atoms with Crippen LogP contribution >= 0.6 is 0 Å². The molecule has 0 aliphatic carbocycles. The molecular formula is C31H63NO. The Bertz CT molecular complexity index is 391. The van der Waals surface area contributed by atoms with E-state index in [2.05, 4.69) is 20.8 Å². The van der Waals surface area contributed by atoms with Gasteiger partial charge in [0.2, 0.25) is 0 Å². The SMILES string of the molecule is CCCCCCCCCCCCCCC1(CCCCCCCCCCCCCC)OC1(C)N. The van der Waals surface area contributed by atoms with Crippen molar-refractivity contribution in [2.24, 2.45) is 5.73 Å². The van der Waals surface area contributed by atoms with Gasteiger partial charge in [0.1, 0.15) is 11.3 Å². The number of nitrogens with two attached hydrogens (primary N) is 1. The molecule has 1 unspecified atom stereocenters. The van der Waals surface area contributed by atoms with E-state index < -0.39 is 0 Å². The van der Waals surface area contributed by atoms with E-state index in [4.69, 9.17) is 10.5 Å². The molecule has 198 valence electrons. The molecule has 0 aromatic rings. The average molecular weight is 466 g/mol. The van der Waals surface area contributed by atoms with Crippen LogP contribution in [0.2, 0.25) is 0 Å². The second-order valence-corrected chi connectivity index (χ2v) is 11.5. The van der Waals surface area contributed by atoms with Gasteiger partial charge in [0.15, 0.2) is 0 Å². The van der Waals surface area contributed by atoms with Gasteiger partial charge in [0.25, 0.3) is 0 Å². The first-order valence-corrected chi connectivity index (χ1v) is 15.6. The minimum atomic E-state index is -0.359. The number of rotatable bonds is 26. The zero-order valence-corrected chi connectivity index (χ0v) is 23.4. The van der Waals surface area contributed by atoms with Gasteiger partial charge >= 0.3 is 0 Å². The van der Waals surface area contributed by atoms with Gasteiger partial charge in [-0.2, -0.15) is 0 Å². The van der Waals surface area contributed by atoms with Crippen molar-refractivity contribution in [3.63, 3.8) is 0 Å². The highest BCUT2D eigenvalue weighted by Crippen LogP contribution is 2.51. The standard InChI is InChI=1S/C31H63NO/c1-4-6-8-10-12-14-16-18-20-22-24-26-28-31(30(3,32)33-31)29-27-25-23-21-19-17-15-13-11-9-7-5-2/h4-29,32H2,1-3H3. The van der Waals surface area contributed by atoms with Crippen molar-refractivity contribution in [3.8, 4) is 0 Å². The van der Waals surface area contributed by atoms with Crippen LogP contribution in [0, 0.1) is 0 Å². The van der Waals surface area contributed by atoms with E-state index in [-0.39, 0.29) is 11.3 Å². The number of hydrogen-bond donors (Lipinski definition) is 1. The van der Waals surface area contributed by atoms with Crippen molar-refractivity contribution in [2.75, 3.05) is 0 Å². The van der Waals surface area contributed by atoms with Crippen molar-refractivity contribution in [3.05, 3.63) is 0 Å². The lowest BCUT2D eigenvalue weighted by atomic mass is 9.89. The fraction of sp³-hybridized carbons (Fsp3) is 1.00. The first kappa shape index (κ1) is 31.0. The fourth-order valence-electron chi connectivity index (χ4n) is 5.61. The second kappa shape index (κ2) is 20.1. The molecule has 0 aromatic heterocycles. The molecular weight excluding hydrogens is 402 g/mol. The van der Waals surface area contributed by atoms with Crippen LogP contribution in [-0.4, -0.2) is 11.3 Å². The summed E-state index contributed by atoms with van der Waals surface area (Å²) in [5, 5.41) is 0. The average Bonchev–Trinajstić information content (AvgIpc) is 3.35. The molecule has 0 spiro atoms. The third-order valence-corrected chi connectivity index (χ3v) is 8.14. The van der Waals surface area contributed by atoms with Gasteiger partial charge < -0.3 is 10.5 Å². The summed E-state index contributed by atoms with van der Waals surface area (Å²) in [5.41, 5.74) is 6.05. The maximum Gasteiger partial charge on any atom is 0.144 e. The highest BCUT2D eigenvalue weighted by molar-refractivity contribution is 5.09. The van der Waals surface area contributed by atoms with Gasteiger partial charge in [0.05, 0.1) is 0 Å². The van der Waals surface area contributed by atoms with Crippen LogP contribution in [0.4, 0.5) is 0 Å². The summed E-state index contributed by atoms with van der Waals surface area (Å²) in [4.78, 5) is 0. The Kier molecular flexibility index (Phi) is 18.9. The first-order chi connectivity index (χ1) is 16.1. The quantitative estimate of drug-likeness (QED) is 0.102. The predicted molar refractivity (Wildman–Crippen MR) is 148 cm³/mol. The molecule has 0 bridgehead atoms.